The maximum atomic E-state index is 11.9. The van der Waals surface area contributed by atoms with E-state index < -0.39 is 6.04 Å². The molecule has 0 bridgehead atoms. The lowest BCUT2D eigenvalue weighted by Gasteiger charge is -2.12. The summed E-state index contributed by atoms with van der Waals surface area (Å²) in [6, 6.07) is 11.3. The minimum Gasteiger partial charge on any atom is -0.349 e. The Morgan fingerprint density at radius 1 is 1.29 bits per heavy atom. The molecule has 1 amide bonds. The molecule has 0 radical (unpaired) electrons. The van der Waals surface area contributed by atoms with E-state index in [2.05, 4.69) is 15.3 Å². The number of aryl methyl sites for hydroxylation is 2. The number of hydrogen-bond acceptors (Lipinski definition) is 4. The van der Waals surface area contributed by atoms with E-state index >= 15 is 0 Å². The largest absolute Gasteiger partial charge is 0.349 e. The van der Waals surface area contributed by atoms with Gasteiger partial charge in [0.15, 0.2) is 0 Å². The predicted octanol–water partition coefficient (Wildman–Crippen LogP) is 1.36. The molecule has 110 valence electrons. The second-order valence-electron chi connectivity index (χ2n) is 4.94. The summed E-state index contributed by atoms with van der Waals surface area (Å²) in [5, 5.41) is 2.81. The fourth-order valence-corrected chi connectivity index (χ4v) is 2.01. The van der Waals surface area contributed by atoms with Gasteiger partial charge in [-0.3, -0.25) is 4.79 Å². The molecule has 21 heavy (non-hydrogen) atoms. The van der Waals surface area contributed by atoms with Crippen LogP contribution in [0.5, 0.6) is 0 Å². The number of nitrogens with zero attached hydrogens (tertiary/aromatic N) is 2. The quantitative estimate of drug-likeness (QED) is 0.839. The van der Waals surface area contributed by atoms with E-state index in [0.29, 0.717) is 18.8 Å². The van der Waals surface area contributed by atoms with Crippen molar-refractivity contribution in [2.24, 2.45) is 5.73 Å². The first-order valence-corrected chi connectivity index (χ1v) is 7.01. The van der Waals surface area contributed by atoms with Crippen molar-refractivity contribution in [2.75, 3.05) is 0 Å². The number of nitrogens with two attached hydrogens (primary N) is 1. The van der Waals surface area contributed by atoms with E-state index in [1.54, 1.807) is 12.3 Å². The summed E-state index contributed by atoms with van der Waals surface area (Å²) >= 11 is 0. The van der Waals surface area contributed by atoms with Crippen molar-refractivity contribution in [1.29, 1.82) is 0 Å². The number of nitrogens with one attached hydrogen (secondary N) is 1. The molecule has 5 heteroatoms. The summed E-state index contributed by atoms with van der Waals surface area (Å²) in [6.07, 6.45) is 3.10. The number of rotatable bonds is 6. The predicted molar refractivity (Wildman–Crippen MR) is 81.4 cm³/mol. The molecule has 1 atom stereocenters. The molecule has 0 saturated heterocycles. The summed E-state index contributed by atoms with van der Waals surface area (Å²) < 4.78 is 0. The Labute approximate surface area is 124 Å². The molecule has 1 unspecified atom stereocenters. The lowest BCUT2D eigenvalue weighted by atomic mass is 10.1. The summed E-state index contributed by atoms with van der Waals surface area (Å²) in [4.78, 5) is 20.2. The van der Waals surface area contributed by atoms with E-state index in [9.17, 15) is 4.79 Å². The molecule has 0 aliphatic carbocycles. The van der Waals surface area contributed by atoms with Crippen molar-refractivity contribution in [3.63, 3.8) is 0 Å². The average molecular weight is 284 g/mol. The molecule has 2 rings (SSSR count). The van der Waals surface area contributed by atoms with Crippen molar-refractivity contribution in [1.82, 2.24) is 15.3 Å². The Morgan fingerprint density at radius 3 is 2.76 bits per heavy atom. The number of carbonyl (C=O) groups excluding carboxylic acids is 1. The van der Waals surface area contributed by atoms with Crippen LogP contribution < -0.4 is 11.1 Å². The van der Waals surface area contributed by atoms with Gasteiger partial charge in [-0.25, -0.2) is 9.97 Å². The van der Waals surface area contributed by atoms with Crippen LogP contribution in [0.3, 0.4) is 0 Å². The standard InChI is InChI=1S/C16H20N4O/c1-12-18-10-9-14(20-12)11-19-16(21)15(17)8-7-13-5-3-2-4-6-13/h2-6,9-10,15H,7-8,11,17H2,1H3,(H,19,21). The van der Waals surface area contributed by atoms with Crippen LogP contribution in [0.1, 0.15) is 23.5 Å². The van der Waals surface area contributed by atoms with Crippen molar-refractivity contribution < 1.29 is 4.79 Å². The molecule has 3 N–H and O–H groups in total. The van der Waals surface area contributed by atoms with Gasteiger partial charge < -0.3 is 11.1 Å². The van der Waals surface area contributed by atoms with Gasteiger partial charge in [0.1, 0.15) is 5.82 Å². The zero-order chi connectivity index (χ0) is 15.1. The Morgan fingerprint density at radius 2 is 2.05 bits per heavy atom. The van der Waals surface area contributed by atoms with Crippen molar-refractivity contribution >= 4 is 5.91 Å². The second kappa shape index (κ2) is 7.50. The molecular formula is C16H20N4O. The highest BCUT2D eigenvalue weighted by molar-refractivity contribution is 5.81. The molecule has 0 aliphatic rings. The maximum Gasteiger partial charge on any atom is 0.237 e. The minimum absolute atomic E-state index is 0.151. The van der Waals surface area contributed by atoms with Crippen LogP contribution in [0.25, 0.3) is 0 Å². The van der Waals surface area contributed by atoms with E-state index in [1.807, 2.05) is 37.3 Å². The van der Waals surface area contributed by atoms with Crippen LogP contribution in [0.2, 0.25) is 0 Å². The van der Waals surface area contributed by atoms with Gasteiger partial charge in [-0.15, -0.1) is 0 Å². The topological polar surface area (TPSA) is 80.9 Å². The third-order valence-corrected chi connectivity index (χ3v) is 3.20. The Hall–Kier alpha value is -2.27. The maximum absolute atomic E-state index is 11.9. The number of amides is 1. The van der Waals surface area contributed by atoms with Gasteiger partial charge in [0.25, 0.3) is 0 Å². The number of benzene rings is 1. The van der Waals surface area contributed by atoms with Gasteiger partial charge in [-0.2, -0.15) is 0 Å². The fourth-order valence-electron chi connectivity index (χ4n) is 2.01. The third kappa shape index (κ3) is 4.96. The van der Waals surface area contributed by atoms with E-state index in [4.69, 9.17) is 5.73 Å². The molecule has 0 aliphatic heterocycles. The first-order chi connectivity index (χ1) is 10.1. The molecule has 5 nitrogen and oxygen atoms in total. The molecular weight excluding hydrogens is 264 g/mol. The minimum atomic E-state index is -0.506. The highest BCUT2D eigenvalue weighted by atomic mass is 16.2. The Balaban J connectivity index is 1.77. The summed E-state index contributed by atoms with van der Waals surface area (Å²) in [7, 11) is 0. The van der Waals surface area contributed by atoms with E-state index in [1.165, 1.54) is 5.56 Å². The van der Waals surface area contributed by atoms with Crippen LogP contribution in [-0.2, 0) is 17.8 Å². The van der Waals surface area contributed by atoms with Gasteiger partial charge in [-0.1, -0.05) is 30.3 Å². The lowest BCUT2D eigenvalue weighted by Crippen LogP contribution is -2.40. The highest BCUT2D eigenvalue weighted by Gasteiger charge is 2.13. The molecule has 0 saturated carbocycles. The van der Waals surface area contributed by atoms with Gasteiger partial charge in [-0.05, 0) is 31.4 Å². The molecule has 1 heterocycles. The number of hydrogen-bond donors (Lipinski definition) is 2. The summed E-state index contributed by atoms with van der Waals surface area (Å²) in [5.41, 5.74) is 7.88. The zero-order valence-electron chi connectivity index (χ0n) is 12.1. The van der Waals surface area contributed by atoms with Crippen molar-refractivity contribution in [3.8, 4) is 0 Å². The van der Waals surface area contributed by atoms with Gasteiger partial charge in [0.2, 0.25) is 5.91 Å². The van der Waals surface area contributed by atoms with Crippen LogP contribution in [0, 0.1) is 6.92 Å². The Bertz CT molecular complexity index is 586. The first-order valence-electron chi connectivity index (χ1n) is 7.01. The molecule has 1 aromatic heterocycles. The van der Waals surface area contributed by atoms with Gasteiger partial charge in [0, 0.05) is 6.20 Å². The third-order valence-electron chi connectivity index (χ3n) is 3.20. The van der Waals surface area contributed by atoms with E-state index in [0.717, 1.165) is 12.1 Å². The second-order valence-corrected chi connectivity index (χ2v) is 4.94. The van der Waals surface area contributed by atoms with Crippen LogP contribution in [0.4, 0.5) is 0 Å². The molecule has 0 spiro atoms. The van der Waals surface area contributed by atoms with Gasteiger partial charge in [0.05, 0.1) is 18.3 Å². The van der Waals surface area contributed by atoms with Crippen molar-refractivity contribution in [2.45, 2.75) is 32.4 Å². The summed E-state index contributed by atoms with van der Waals surface area (Å²) in [5.74, 6) is 0.539. The molecule has 0 fully saturated rings. The lowest BCUT2D eigenvalue weighted by molar-refractivity contribution is -0.122. The van der Waals surface area contributed by atoms with Crippen LogP contribution in [-0.4, -0.2) is 21.9 Å². The summed E-state index contributed by atoms with van der Waals surface area (Å²) in [6.45, 7) is 2.19. The van der Waals surface area contributed by atoms with E-state index in [-0.39, 0.29) is 5.91 Å². The first kappa shape index (κ1) is 15.1. The number of aromatic nitrogens is 2. The van der Waals surface area contributed by atoms with Crippen LogP contribution >= 0.6 is 0 Å². The van der Waals surface area contributed by atoms with Gasteiger partial charge >= 0.3 is 0 Å². The monoisotopic (exact) mass is 284 g/mol. The number of carbonyl (C=O) groups is 1. The fraction of sp³-hybridized carbons (Fsp3) is 0.312. The smallest absolute Gasteiger partial charge is 0.237 e. The SMILES string of the molecule is Cc1nccc(CNC(=O)C(N)CCc2ccccc2)n1. The zero-order valence-corrected chi connectivity index (χ0v) is 12.1. The molecule has 1 aromatic carbocycles. The average Bonchev–Trinajstić information content (AvgIpc) is 2.51. The normalized spacial score (nSPS) is 11.9. The molecule has 2 aromatic rings. The Kier molecular flexibility index (Phi) is 5.40. The highest BCUT2D eigenvalue weighted by Crippen LogP contribution is 2.04. The van der Waals surface area contributed by atoms with Crippen molar-refractivity contribution in [3.05, 3.63) is 59.7 Å². The van der Waals surface area contributed by atoms with Crippen LogP contribution in [0.15, 0.2) is 42.6 Å².